The Bertz CT molecular complexity index is 451. The number of carbonyl (C=O) groups is 2. The molecule has 4 nitrogen and oxygen atoms in total. The summed E-state index contributed by atoms with van der Waals surface area (Å²) in [5.41, 5.74) is -0.572. The van der Waals surface area contributed by atoms with E-state index in [-0.39, 0.29) is 17.9 Å². The minimum Gasteiger partial charge on any atom is -0.342 e. The van der Waals surface area contributed by atoms with E-state index in [9.17, 15) is 9.59 Å². The molecule has 2 unspecified atom stereocenters. The van der Waals surface area contributed by atoms with Gasteiger partial charge in [-0.2, -0.15) is 0 Å². The maximum Gasteiger partial charge on any atom is 0.246 e. The number of hydrogen-bond donors (Lipinski definition) is 1. The molecule has 4 aliphatic rings. The first-order valence-corrected chi connectivity index (χ1v) is 8.23. The minimum absolute atomic E-state index is 0.104. The van der Waals surface area contributed by atoms with Crippen LogP contribution in [0, 0.1) is 17.8 Å². The van der Waals surface area contributed by atoms with Crippen molar-refractivity contribution in [3.05, 3.63) is 0 Å². The van der Waals surface area contributed by atoms with Gasteiger partial charge in [0, 0.05) is 6.54 Å². The second-order valence-electron chi connectivity index (χ2n) is 7.43. The van der Waals surface area contributed by atoms with Gasteiger partial charge in [-0.25, -0.2) is 0 Å². The Hall–Kier alpha value is -1.06. The molecule has 0 spiro atoms. The molecule has 20 heavy (non-hydrogen) atoms. The van der Waals surface area contributed by atoms with Crippen molar-refractivity contribution in [1.29, 1.82) is 0 Å². The molecule has 1 heterocycles. The van der Waals surface area contributed by atoms with Gasteiger partial charge in [0.2, 0.25) is 11.8 Å². The highest BCUT2D eigenvalue weighted by Crippen LogP contribution is 2.47. The predicted molar refractivity (Wildman–Crippen MR) is 74.8 cm³/mol. The molecule has 0 aromatic rings. The van der Waals surface area contributed by atoms with E-state index in [0.717, 1.165) is 44.6 Å². The maximum absolute atomic E-state index is 12.8. The van der Waals surface area contributed by atoms with Crippen LogP contribution in [-0.2, 0) is 9.59 Å². The van der Waals surface area contributed by atoms with E-state index in [4.69, 9.17) is 0 Å². The molecule has 2 atom stereocenters. The van der Waals surface area contributed by atoms with Crippen LogP contribution in [0.2, 0.25) is 0 Å². The zero-order valence-electron chi connectivity index (χ0n) is 12.2. The fourth-order valence-corrected chi connectivity index (χ4v) is 3.73. The van der Waals surface area contributed by atoms with Crippen LogP contribution in [0.4, 0.5) is 0 Å². The first-order valence-electron chi connectivity index (χ1n) is 8.23. The van der Waals surface area contributed by atoms with E-state index in [1.807, 2.05) is 11.8 Å². The van der Waals surface area contributed by atoms with Gasteiger partial charge in [-0.1, -0.05) is 12.8 Å². The summed E-state index contributed by atoms with van der Waals surface area (Å²) in [6.45, 7) is 2.78. The largest absolute Gasteiger partial charge is 0.342 e. The zero-order chi connectivity index (χ0) is 13.9. The Labute approximate surface area is 120 Å². The number of amides is 2. The molecule has 0 aromatic heterocycles. The predicted octanol–water partition coefficient (Wildman–Crippen LogP) is 1.69. The van der Waals surface area contributed by atoms with Crippen molar-refractivity contribution in [2.45, 2.75) is 63.5 Å². The van der Waals surface area contributed by atoms with Gasteiger partial charge >= 0.3 is 0 Å². The Morgan fingerprint density at radius 2 is 1.85 bits per heavy atom. The molecule has 110 valence electrons. The molecule has 4 heteroatoms. The summed E-state index contributed by atoms with van der Waals surface area (Å²) in [5.74, 6) is 1.88. The van der Waals surface area contributed by atoms with Gasteiger partial charge in [0.1, 0.15) is 11.6 Å². The lowest BCUT2D eigenvalue weighted by Gasteiger charge is -2.47. The summed E-state index contributed by atoms with van der Waals surface area (Å²) in [5, 5.41) is 3.04. The Morgan fingerprint density at radius 3 is 2.40 bits per heavy atom. The highest BCUT2D eigenvalue weighted by molar-refractivity contribution is 6.00. The summed E-state index contributed by atoms with van der Waals surface area (Å²) in [6.07, 6.45) is 8.05. The topological polar surface area (TPSA) is 49.4 Å². The molecular weight excluding hydrogens is 252 g/mol. The lowest BCUT2D eigenvalue weighted by Crippen LogP contribution is -2.71. The molecule has 4 fully saturated rings. The molecule has 1 saturated heterocycles. The molecule has 1 aliphatic heterocycles. The molecule has 0 radical (unpaired) electrons. The van der Waals surface area contributed by atoms with Crippen LogP contribution in [0.3, 0.4) is 0 Å². The van der Waals surface area contributed by atoms with Gasteiger partial charge in [-0.05, 0) is 56.8 Å². The molecule has 2 amide bonds. The summed E-state index contributed by atoms with van der Waals surface area (Å²) in [4.78, 5) is 27.5. The summed E-state index contributed by atoms with van der Waals surface area (Å²) in [6, 6.07) is -0.228. The van der Waals surface area contributed by atoms with E-state index in [0.29, 0.717) is 11.8 Å². The van der Waals surface area contributed by atoms with Crippen molar-refractivity contribution < 1.29 is 9.59 Å². The quantitative estimate of drug-likeness (QED) is 0.831. The highest BCUT2D eigenvalue weighted by Gasteiger charge is 2.58. The van der Waals surface area contributed by atoms with Gasteiger partial charge in [-0.15, -0.1) is 0 Å². The van der Waals surface area contributed by atoms with Crippen LogP contribution < -0.4 is 5.32 Å². The molecule has 1 N–H and O–H groups in total. The number of rotatable bonds is 5. The number of piperazine rings is 1. The number of hydrogen-bond acceptors (Lipinski definition) is 2. The zero-order valence-corrected chi connectivity index (χ0v) is 12.2. The number of carbonyl (C=O) groups excluding carboxylic acids is 2. The van der Waals surface area contributed by atoms with Crippen LogP contribution >= 0.6 is 0 Å². The van der Waals surface area contributed by atoms with Crippen LogP contribution in [0.5, 0.6) is 0 Å². The minimum atomic E-state index is -0.572. The molecule has 3 aliphatic carbocycles. The van der Waals surface area contributed by atoms with E-state index in [1.54, 1.807) is 0 Å². The molecule has 0 bridgehead atoms. The standard InChI is InChI=1S/C16H24N2O2/c1-16(12-6-7-12)15(20)17-13(11-4-5-11)14(19)18(16)9-8-10-2-3-10/h10-13H,2-9H2,1H3,(H,17,20). The van der Waals surface area contributed by atoms with Crippen molar-refractivity contribution in [2.75, 3.05) is 6.54 Å². The third-order valence-electron chi connectivity index (χ3n) is 5.76. The maximum atomic E-state index is 12.8. The average molecular weight is 276 g/mol. The van der Waals surface area contributed by atoms with Crippen molar-refractivity contribution in [3.63, 3.8) is 0 Å². The van der Waals surface area contributed by atoms with Gasteiger partial charge in [-0.3, -0.25) is 9.59 Å². The Kier molecular flexibility index (Phi) is 2.67. The average Bonchev–Trinajstić information content (AvgIpc) is 3.30. The Morgan fingerprint density at radius 1 is 1.15 bits per heavy atom. The first kappa shape index (κ1) is 12.7. The third-order valence-corrected chi connectivity index (χ3v) is 5.76. The summed E-state index contributed by atoms with van der Waals surface area (Å²) < 4.78 is 0. The fraction of sp³-hybridized carbons (Fsp3) is 0.875. The van der Waals surface area contributed by atoms with Gasteiger partial charge in [0.05, 0.1) is 0 Å². The Balaban J connectivity index is 1.58. The fourth-order valence-electron chi connectivity index (χ4n) is 3.73. The van der Waals surface area contributed by atoms with Gasteiger partial charge in [0.25, 0.3) is 0 Å². The van der Waals surface area contributed by atoms with Crippen molar-refractivity contribution in [1.82, 2.24) is 10.2 Å². The smallest absolute Gasteiger partial charge is 0.246 e. The van der Waals surface area contributed by atoms with Crippen LogP contribution in [0.25, 0.3) is 0 Å². The van der Waals surface area contributed by atoms with Crippen LogP contribution in [0.15, 0.2) is 0 Å². The van der Waals surface area contributed by atoms with E-state index >= 15 is 0 Å². The second-order valence-corrected chi connectivity index (χ2v) is 7.43. The molecule has 4 rings (SSSR count). The number of nitrogens with one attached hydrogen (secondary N) is 1. The van der Waals surface area contributed by atoms with Crippen molar-refractivity contribution in [3.8, 4) is 0 Å². The summed E-state index contributed by atoms with van der Waals surface area (Å²) >= 11 is 0. The third kappa shape index (κ3) is 1.95. The van der Waals surface area contributed by atoms with Gasteiger partial charge in [0.15, 0.2) is 0 Å². The van der Waals surface area contributed by atoms with E-state index in [2.05, 4.69) is 5.32 Å². The van der Waals surface area contributed by atoms with Gasteiger partial charge < -0.3 is 10.2 Å². The van der Waals surface area contributed by atoms with Crippen molar-refractivity contribution in [2.24, 2.45) is 17.8 Å². The SMILES string of the molecule is CC1(C2CC2)C(=O)NC(C2CC2)C(=O)N1CCC1CC1. The van der Waals surface area contributed by atoms with E-state index < -0.39 is 5.54 Å². The normalized spacial score (nSPS) is 38.0. The van der Waals surface area contributed by atoms with Crippen LogP contribution in [-0.4, -0.2) is 34.8 Å². The lowest BCUT2D eigenvalue weighted by atomic mass is 9.87. The number of nitrogens with zero attached hydrogens (tertiary/aromatic N) is 1. The summed E-state index contributed by atoms with van der Waals surface area (Å²) in [7, 11) is 0. The highest BCUT2D eigenvalue weighted by atomic mass is 16.2. The first-order chi connectivity index (χ1) is 9.60. The second kappa shape index (κ2) is 4.22. The molecule has 0 aromatic carbocycles. The van der Waals surface area contributed by atoms with E-state index in [1.165, 1.54) is 12.8 Å². The molecular formula is C16H24N2O2. The molecule has 3 saturated carbocycles. The monoisotopic (exact) mass is 276 g/mol. The lowest BCUT2D eigenvalue weighted by molar-refractivity contribution is -0.158. The van der Waals surface area contributed by atoms with Crippen LogP contribution in [0.1, 0.15) is 51.9 Å². The van der Waals surface area contributed by atoms with Crippen molar-refractivity contribution >= 4 is 11.8 Å².